The Morgan fingerprint density at radius 1 is 0.605 bits per heavy atom. The van der Waals surface area contributed by atoms with Crippen molar-refractivity contribution in [2.24, 2.45) is 0 Å². The van der Waals surface area contributed by atoms with Crippen LogP contribution in [0.2, 0.25) is 0 Å². The molecule has 0 bridgehead atoms. The number of benzene rings is 5. The van der Waals surface area contributed by atoms with Crippen molar-refractivity contribution in [2.45, 2.75) is 0 Å². The van der Waals surface area contributed by atoms with Gasteiger partial charge in [-0.25, -0.2) is 15.0 Å². The lowest BCUT2D eigenvalue weighted by atomic mass is 9.93. The molecule has 0 saturated carbocycles. The highest BCUT2D eigenvalue weighted by Gasteiger charge is 2.14. The molecule has 1 aliphatic heterocycles. The van der Waals surface area contributed by atoms with Crippen LogP contribution in [0.4, 0.5) is 5.69 Å². The Morgan fingerprint density at radius 3 is 2.08 bits per heavy atom. The Balaban J connectivity index is 1.29. The van der Waals surface area contributed by atoms with E-state index in [0.29, 0.717) is 5.82 Å². The van der Waals surface area contributed by atoms with Crippen LogP contribution in [0.3, 0.4) is 0 Å². The molecule has 0 aliphatic carbocycles. The van der Waals surface area contributed by atoms with Crippen molar-refractivity contribution < 1.29 is 0 Å². The maximum atomic E-state index is 5.03. The molecule has 0 saturated heterocycles. The lowest BCUT2D eigenvalue weighted by Crippen LogP contribution is -2.05. The third-order valence-electron chi connectivity index (χ3n) is 7.51. The summed E-state index contributed by atoms with van der Waals surface area (Å²) in [5, 5.41) is 12.1. The molecule has 4 nitrogen and oxygen atoms in total. The van der Waals surface area contributed by atoms with E-state index in [0.717, 1.165) is 45.6 Å². The molecule has 1 aliphatic rings. The van der Waals surface area contributed by atoms with E-state index in [9.17, 15) is 0 Å². The Bertz CT molecular complexity index is 2060. The SMILES string of the molecule is C1=Cc2ccc3ccc(-c4ccnc(-c5ccc6c7ccccc7c7ccccc7c6c5)n4)nc3c2NC1. The van der Waals surface area contributed by atoms with E-state index in [2.05, 4.69) is 107 Å². The lowest BCUT2D eigenvalue weighted by Gasteiger charge is -2.15. The fourth-order valence-electron chi connectivity index (χ4n) is 5.71. The zero-order valence-electron chi connectivity index (χ0n) is 20.5. The van der Waals surface area contributed by atoms with Crippen molar-refractivity contribution in [3.63, 3.8) is 0 Å². The minimum atomic E-state index is 0.694. The summed E-state index contributed by atoms with van der Waals surface area (Å²) in [5.74, 6) is 0.694. The highest BCUT2D eigenvalue weighted by atomic mass is 14.9. The number of anilines is 1. The van der Waals surface area contributed by atoms with Crippen molar-refractivity contribution >= 4 is 55.0 Å². The van der Waals surface area contributed by atoms with E-state index in [4.69, 9.17) is 9.97 Å². The number of hydrogen-bond donors (Lipinski definition) is 1. The van der Waals surface area contributed by atoms with Crippen molar-refractivity contribution in [1.29, 1.82) is 0 Å². The third-order valence-corrected chi connectivity index (χ3v) is 7.51. The van der Waals surface area contributed by atoms with Crippen molar-refractivity contribution in [3.8, 4) is 22.8 Å². The van der Waals surface area contributed by atoms with Gasteiger partial charge in [0.15, 0.2) is 5.82 Å². The van der Waals surface area contributed by atoms with Gasteiger partial charge >= 0.3 is 0 Å². The molecule has 0 spiro atoms. The maximum absolute atomic E-state index is 5.03. The summed E-state index contributed by atoms with van der Waals surface area (Å²) >= 11 is 0. The van der Waals surface area contributed by atoms with Gasteiger partial charge in [0, 0.05) is 23.7 Å². The molecule has 178 valence electrons. The normalized spacial score (nSPS) is 12.7. The number of fused-ring (bicyclic) bond motifs is 9. The fourth-order valence-corrected chi connectivity index (χ4v) is 5.71. The summed E-state index contributed by atoms with van der Waals surface area (Å²) < 4.78 is 0. The first-order chi connectivity index (χ1) is 18.8. The third kappa shape index (κ3) is 3.20. The van der Waals surface area contributed by atoms with Gasteiger partial charge in [-0.1, -0.05) is 91.0 Å². The van der Waals surface area contributed by atoms with Crippen LogP contribution < -0.4 is 5.32 Å². The summed E-state index contributed by atoms with van der Waals surface area (Å²) in [6.45, 7) is 0.807. The molecule has 5 aromatic carbocycles. The van der Waals surface area contributed by atoms with Gasteiger partial charge in [0.25, 0.3) is 0 Å². The van der Waals surface area contributed by atoms with Crippen molar-refractivity contribution in [1.82, 2.24) is 15.0 Å². The van der Waals surface area contributed by atoms with E-state index >= 15 is 0 Å². The monoisotopic (exact) mass is 486 g/mol. The van der Waals surface area contributed by atoms with E-state index in [1.807, 2.05) is 18.3 Å². The molecule has 4 heteroatoms. The number of hydrogen-bond acceptors (Lipinski definition) is 4. The van der Waals surface area contributed by atoms with E-state index in [-0.39, 0.29) is 0 Å². The van der Waals surface area contributed by atoms with Gasteiger partial charge in [-0.15, -0.1) is 0 Å². The highest BCUT2D eigenvalue weighted by molar-refractivity contribution is 6.25. The van der Waals surface area contributed by atoms with Crippen LogP contribution in [0.25, 0.3) is 72.1 Å². The fraction of sp³-hybridized carbons (Fsp3) is 0.0294. The molecule has 0 amide bonds. The average Bonchev–Trinajstić information content (AvgIpc) is 3.01. The Labute approximate surface area is 219 Å². The smallest absolute Gasteiger partial charge is 0.159 e. The van der Waals surface area contributed by atoms with E-state index < -0.39 is 0 Å². The van der Waals surface area contributed by atoms with E-state index in [1.54, 1.807) is 0 Å². The molecule has 0 atom stereocenters. The van der Waals surface area contributed by atoms with Gasteiger partial charge in [0.1, 0.15) is 0 Å². The molecule has 0 fully saturated rings. The van der Waals surface area contributed by atoms with Gasteiger partial charge in [-0.3, -0.25) is 0 Å². The highest BCUT2D eigenvalue weighted by Crippen LogP contribution is 2.37. The van der Waals surface area contributed by atoms with Crippen LogP contribution in [-0.2, 0) is 0 Å². The first kappa shape index (κ1) is 21.0. The molecule has 2 aromatic heterocycles. The second-order valence-corrected chi connectivity index (χ2v) is 9.70. The molecule has 0 radical (unpaired) electrons. The van der Waals surface area contributed by atoms with Gasteiger partial charge in [-0.2, -0.15) is 0 Å². The van der Waals surface area contributed by atoms with Gasteiger partial charge in [0.2, 0.25) is 0 Å². The second kappa shape index (κ2) is 8.22. The topological polar surface area (TPSA) is 50.7 Å². The quantitative estimate of drug-likeness (QED) is 0.250. The zero-order valence-corrected chi connectivity index (χ0v) is 20.5. The minimum absolute atomic E-state index is 0.694. The largest absolute Gasteiger partial charge is 0.379 e. The lowest BCUT2D eigenvalue weighted by molar-refractivity contribution is 1.17. The Hall–Kier alpha value is -5.09. The summed E-state index contributed by atoms with van der Waals surface area (Å²) in [6.07, 6.45) is 6.10. The molecule has 1 N–H and O–H groups in total. The van der Waals surface area contributed by atoms with Crippen LogP contribution in [0.5, 0.6) is 0 Å². The van der Waals surface area contributed by atoms with Crippen molar-refractivity contribution in [3.05, 3.63) is 115 Å². The van der Waals surface area contributed by atoms with Crippen LogP contribution in [-0.4, -0.2) is 21.5 Å². The van der Waals surface area contributed by atoms with Gasteiger partial charge in [-0.05, 0) is 56.1 Å². The maximum Gasteiger partial charge on any atom is 0.159 e. The second-order valence-electron chi connectivity index (χ2n) is 9.70. The summed E-state index contributed by atoms with van der Waals surface area (Å²) in [7, 11) is 0. The molecule has 0 unspecified atom stereocenters. The first-order valence-corrected chi connectivity index (χ1v) is 12.8. The number of rotatable bonds is 2. The van der Waals surface area contributed by atoms with Crippen LogP contribution in [0.15, 0.2) is 109 Å². The van der Waals surface area contributed by atoms with Crippen LogP contribution in [0.1, 0.15) is 5.56 Å². The summed E-state index contributed by atoms with van der Waals surface area (Å²) in [6, 6.07) is 34.2. The predicted octanol–water partition coefficient (Wildman–Crippen LogP) is 8.26. The standard InChI is InChI=1S/C34H22N4/c1-2-9-26-24(7-1)25-8-3-4-10-27(25)29-20-23(13-15-28(26)29)34-36-19-17-31(38-34)30-16-14-22-12-11-21-6-5-18-35-32(21)33(22)37-30/h1-17,19-20,35H,18H2. The Morgan fingerprint density at radius 2 is 1.29 bits per heavy atom. The Kier molecular flexibility index (Phi) is 4.55. The molecular formula is C34H22N4. The number of nitrogens with zero attached hydrogens (tertiary/aromatic N) is 3. The minimum Gasteiger partial charge on any atom is -0.379 e. The average molecular weight is 487 g/mol. The predicted molar refractivity (Wildman–Crippen MR) is 158 cm³/mol. The molecule has 7 aromatic rings. The molecule has 38 heavy (non-hydrogen) atoms. The number of pyridine rings is 1. The molecule has 8 rings (SSSR count). The van der Waals surface area contributed by atoms with Gasteiger partial charge < -0.3 is 5.32 Å². The van der Waals surface area contributed by atoms with Crippen LogP contribution in [0, 0.1) is 0 Å². The van der Waals surface area contributed by atoms with Gasteiger partial charge in [0.05, 0.1) is 22.6 Å². The van der Waals surface area contributed by atoms with Crippen molar-refractivity contribution in [2.75, 3.05) is 11.9 Å². The number of nitrogens with one attached hydrogen (secondary N) is 1. The van der Waals surface area contributed by atoms with Crippen LogP contribution >= 0.6 is 0 Å². The molecular weight excluding hydrogens is 464 g/mol. The summed E-state index contributed by atoms with van der Waals surface area (Å²) in [5.41, 5.74) is 5.84. The molecule has 3 heterocycles. The zero-order chi connectivity index (χ0) is 25.1. The van der Waals surface area contributed by atoms with E-state index in [1.165, 1.54) is 32.3 Å². The summed E-state index contributed by atoms with van der Waals surface area (Å²) in [4.78, 5) is 14.7. The number of aromatic nitrogens is 3. The first-order valence-electron chi connectivity index (χ1n) is 12.8.